The van der Waals surface area contributed by atoms with Crippen LogP contribution in [0.3, 0.4) is 0 Å². The number of nitrogens with zero attached hydrogens (tertiary/aromatic N) is 4. The van der Waals surface area contributed by atoms with Gasteiger partial charge in [0, 0.05) is 96.7 Å². The normalized spacial score (nSPS) is 17.6. The Morgan fingerprint density at radius 3 is 1.46 bits per heavy atom. The highest BCUT2D eigenvalue weighted by molar-refractivity contribution is 5.92. The van der Waals surface area contributed by atoms with E-state index in [1.807, 2.05) is 66.7 Å². The molecule has 6 atom stereocenters. The maximum absolute atomic E-state index is 14.4. The van der Waals surface area contributed by atoms with Gasteiger partial charge in [0.05, 0.1) is 32.1 Å². The van der Waals surface area contributed by atoms with Crippen molar-refractivity contribution in [2.24, 2.45) is 29.4 Å². The molecule has 31 heteroatoms. The van der Waals surface area contributed by atoms with E-state index >= 15 is 0 Å². The van der Waals surface area contributed by atoms with Gasteiger partial charge in [-0.1, -0.05) is 80.6 Å². The second kappa shape index (κ2) is 45.1. The van der Waals surface area contributed by atoms with Gasteiger partial charge in [-0.15, -0.1) is 0 Å². The first-order valence-electron chi connectivity index (χ1n) is 36.1. The fraction of sp³-hybridized carbons (Fsp3) is 0.603. The zero-order valence-electron chi connectivity index (χ0n) is 60.0. The van der Waals surface area contributed by atoms with Crippen LogP contribution in [0.4, 0.5) is 4.79 Å². The SMILES string of the molecule is CC(C)Cc1ccc(C(C)C(=O)NC(CCN)C(=O)NCCCCC(NC(=O)CN2CCN(CC(=O)O)CCN(CC(=O)O)CCN(CC(=O)O)CC2)C(=O)NCC2CCC(C(=O)CC(Cc3ccc4ccccc4c3)C(=O)NCCCCC(NC(=O)NC(CCC(=O)O)C(=O)O)C(=O)O)CC2)cc1. The number of carbonyl (C=O) groups is 13. The van der Waals surface area contributed by atoms with E-state index in [1.54, 1.807) is 26.5 Å². The van der Waals surface area contributed by atoms with Crippen molar-refractivity contribution in [2.75, 3.05) is 105 Å². The second-order valence-corrected chi connectivity index (χ2v) is 27.7. The van der Waals surface area contributed by atoms with Crippen molar-refractivity contribution in [3.63, 3.8) is 0 Å². The lowest BCUT2D eigenvalue weighted by Gasteiger charge is -2.33. The standard InChI is InChI=1S/C73H108N12O19/c1-47(2)38-49-14-19-52(20-15-49)48(3)67(96)79-58(26-27-74)69(98)76-29-8-6-12-57(78-62(87)43-82-30-32-83(44-64(90)91)34-36-85(46-66(94)95)37-35-84(33-31-82)45-65(92)93)70(99)77-42-50-16-22-54(23-17-50)61(86)41-56(40-51-18-21-53-10-4-5-11-55(53)39-51)68(97)75-28-9-7-13-59(71(100)101)80-73(104)81-60(72(102)103)24-25-63(88)89/h4-5,10-11,14-15,18-21,39,47-48,50,54,56-60H,6-9,12-13,16-17,22-38,40-46,74H2,1-3H3,(H,75,97)(H,76,98)(H,77,99)(H,78,87)(H,79,96)(H,88,89)(H,90,91)(H,92,93)(H,94,95)(H,100,101)(H,102,103)(H2,80,81,104). The van der Waals surface area contributed by atoms with Crippen LogP contribution in [-0.4, -0.2) is 256 Å². The number of carbonyl (C=O) groups excluding carboxylic acids is 7. The van der Waals surface area contributed by atoms with E-state index < -0.39 is 114 Å². The van der Waals surface area contributed by atoms with Gasteiger partial charge in [0.2, 0.25) is 29.5 Å². The first-order chi connectivity index (χ1) is 49.5. The number of aliphatic carboxylic acids is 6. The summed E-state index contributed by atoms with van der Waals surface area (Å²) in [6.45, 7) is 6.58. The molecule has 1 heterocycles. The molecule has 1 saturated heterocycles. The lowest BCUT2D eigenvalue weighted by molar-refractivity contribution is -0.141. The Labute approximate surface area is 606 Å². The Morgan fingerprint density at radius 1 is 0.471 bits per heavy atom. The fourth-order valence-electron chi connectivity index (χ4n) is 12.9. The fourth-order valence-corrected chi connectivity index (χ4v) is 12.9. The largest absolute Gasteiger partial charge is 0.481 e. The van der Waals surface area contributed by atoms with Gasteiger partial charge in [-0.25, -0.2) is 14.4 Å². The number of unbranched alkanes of at least 4 members (excludes halogenated alkanes) is 2. The van der Waals surface area contributed by atoms with Gasteiger partial charge in [0.25, 0.3) is 0 Å². The van der Waals surface area contributed by atoms with Crippen molar-refractivity contribution in [3.8, 4) is 0 Å². The Morgan fingerprint density at radius 2 is 0.952 bits per heavy atom. The van der Waals surface area contributed by atoms with E-state index in [4.69, 9.17) is 10.8 Å². The molecule has 15 N–H and O–H groups in total. The molecule has 7 amide bonds. The molecular weight excluding hydrogens is 1350 g/mol. The molecule has 6 unspecified atom stereocenters. The third-order valence-corrected chi connectivity index (χ3v) is 18.9. The van der Waals surface area contributed by atoms with Gasteiger partial charge in [0.1, 0.15) is 30.0 Å². The highest BCUT2D eigenvalue weighted by Gasteiger charge is 2.33. The number of carboxylic acids is 6. The summed E-state index contributed by atoms with van der Waals surface area (Å²) in [7, 11) is 0. The Kier molecular flexibility index (Phi) is 37.1. The van der Waals surface area contributed by atoms with Gasteiger partial charge in [-0.2, -0.15) is 0 Å². The third-order valence-electron chi connectivity index (χ3n) is 18.9. The highest BCUT2D eigenvalue weighted by Crippen LogP contribution is 2.32. The van der Waals surface area contributed by atoms with E-state index in [0.29, 0.717) is 44.4 Å². The number of urea groups is 1. The monoisotopic (exact) mass is 1460 g/mol. The summed E-state index contributed by atoms with van der Waals surface area (Å²) in [5.41, 5.74) is 8.68. The van der Waals surface area contributed by atoms with Crippen molar-refractivity contribution in [1.29, 1.82) is 0 Å². The summed E-state index contributed by atoms with van der Waals surface area (Å²) in [5.74, 6) is -11.1. The summed E-state index contributed by atoms with van der Waals surface area (Å²) in [4.78, 5) is 174. The van der Waals surface area contributed by atoms with Gasteiger partial charge < -0.3 is 73.6 Å². The van der Waals surface area contributed by atoms with Gasteiger partial charge >= 0.3 is 41.8 Å². The van der Waals surface area contributed by atoms with E-state index in [2.05, 4.69) is 51.1 Å². The van der Waals surface area contributed by atoms with Crippen molar-refractivity contribution in [2.45, 2.75) is 154 Å². The van der Waals surface area contributed by atoms with Crippen molar-refractivity contribution >= 4 is 87.9 Å². The predicted molar refractivity (Wildman–Crippen MR) is 384 cm³/mol. The summed E-state index contributed by atoms with van der Waals surface area (Å²) >= 11 is 0. The Bertz CT molecular complexity index is 3320. The van der Waals surface area contributed by atoms with E-state index in [-0.39, 0.29) is 173 Å². The summed E-state index contributed by atoms with van der Waals surface area (Å²) in [5, 5.41) is 78.1. The molecule has 0 radical (unpaired) electrons. The molecule has 31 nitrogen and oxygen atoms in total. The molecule has 1 saturated carbocycles. The van der Waals surface area contributed by atoms with Crippen LogP contribution in [-0.2, 0) is 70.4 Å². The van der Waals surface area contributed by atoms with Gasteiger partial charge in [0.15, 0.2) is 0 Å². The van der Waals surface area contributed by atoms with E-state index in [9.17, 15) is 87.9 Å². The topological polar surface area (TPSA) is 466 Å². The van der Waals surface area contributed by atoms with Crippen molar-refractivity contribution < 1.29 is 93.0 Å². The number of ketones is 1. The quantitative estimate of drug-likeness (QED) is 0.0362. The van der Waals surface area contributed by atoms with E-state index in [0.717, 1.165) is 33.9 Å². The molecule has 0 aromatic heterocycles. The molecular formula is C73H108N12O19. The molecule has 0 spiro atoms. The number of hydrogen-bond acceptors (Lipinski definition) is 18. The molecule has 3 aromatic carbocycles. The minimum absolute atomic E-state index is 0.0664. The molecule has 2 aliphatic rings. The average molecular weight is 1460 g/mol. The maximum Gasteiger partial charge on any atom is 0.326 e. The van der Waals surface area contributed by atoms with Crippen LogP contribution in [0.2, 0.25) is 0 Å². The third kappa shape index (κ3) is 32.2. The molecule has 104 heavy (non-hydrogen) atoms. The van der Waals surface area contributed by atoms with E-state index in [1.165, 1.54) is 0 Å². The molecule has 5 rings (SSSR count). The molecule has 3 aromatic rings. The summed E-state index contributed by atoms with van der Waals surface area (Å²) in [6.07, 6.45) is 3.51. The molecule has 0 bridgehead atoms. The highest BCUT2D eigenvalue weighted by atomic mass is 16.4. The van der Waals surface area contributed by atoms with Crippen LogP contribution < -0.4 is 43.0 Å². The number of Topliss-reactive ketones (excluding diaryl/α,β-unsaturated/α-hetero) is 1. The molecule has 2 fully saturated rings. The Balaban J connectivity index is 1.23. The number of amides is 7. The van der Waals surface area contributed by atoms with Crippen LogP contribution in [0.1, 0.15) is 133 Å². The first-order valence-corrected chi connectivity index (χ1v) is 36.1. The number of carboxylic acid groups (broad SMARTS) is 6. The summed E-state index contributed by atoms with van der Waals surface area (Å²) in [6, 6.07) is 15.2. The number of nitrogens with one attached hydrogen (secondary N) is 7. The number of hydrogen-bond donors (Lipinski definition) is 14. The second-order valence-electron chi connectivity index (χ2n) is 27.7. The average Bonchev–Trinajstić information content (AvgIpc) is 0.830. The lowest BCUT2D eigenvalue weighted by Crippen LogP contribution is -2.52. The first kappa shape index (κ1) is 85.5. The summed E-state index contributed by atoms with van der Waals surface area (Å²) < 4.78 is 0. The zero-order valence-corrected chi connectivity index (χ0v) is 60.0. The zero-order chi connectivity index (χ0) is 76.3. The van der Waals surface area contributed by atoms with Crippen LogP contribution in [0.5, 0.6) is 0 Å². The smallest absolute Gasteiger partial charge is 0.326 e. The Hall–Kier alpha value is -9.17. The number of fused-ring (bicyclic) bond motifs is 1. The molecule has 574 valence electrons. The van der Waals surface area contributed by atoms with Crippen molar-refractivity contribution in [3.05, 3.63) is 83.4 Å². The minimum Gasteiger partial charge on any atom is -0.481 e. The lowest BCUT2D eigenvalue weighted by atomic mass is 9.77. The number of rotatable bonds is 43. The maximum atomic E-state index is 14.4. The minimum atomic E-state index is -1.57. The van der Waals surface area contributed by atoms with Gasteiger partial charge in [-0.05, 0) is 143 Å². The van der Waals surface area contributed by atoms with Crippen LogP contribution in [0.15, 0.2) is 66.7 Å². The molecule has 1 aliphatic carbocycles. The van der Waals surface area contributed by atoms with Crippen LogP contribution in [0.25, 0.3) is 10.8 Å². The number of benzene rings is 3. The predicted octanol–water partition coefficient (Wildman–Crippen LogP) is 2.32. The molecule has 1 aliphatic heterocycles. The number of nitrogens with two attached hydrogens (primary N) is 1. The van der Waals surface area contributed by atoms with Crippen molar-refractivity contribution in [1.82, 2.24) is 56.8 Å². The van der Waals surface area contributed by atoms with Gasteiger partial charge in [-0.3, -0.25) is 67.5 Å². The van der Waals surface area contributed by atoms with Crippen LogP contribution in [0, 0.1) is 23.7 Å². The van der Waals surface area contributed by atoms with Crippen LogP contribution >= 0.6 is 0 Å².